The van der Waals surface area contributed by atoms with Crippen LogP contribution < -0.4 is 29.9 Å². The number of nitrogens with one attached hydrogen (secondary N) is 2. The lowest BCUT2D eigenvalue weighted by atomic mass is 10.0. The highest BCUT2D eigenvalue weighted by Gasteiger charge is 2.31. The summed E-state index contributed by atoms with van der Waals surface area (Å²) >= 11 is 0. The third kappa shape index (κ3) is 8.58. The van der Waals surface area contributed by atoms with Gasteiger partial charge in [-0.15, -0.1) is 0 Å². The number of likely N-dealkylation sites (N-methyl/N-ethyl adjacent to an activating group) is 1. The van der Waals surface area contributed by atoms with Gasteiger partial charge in [0.15, 0.2) is 29.3 Å². The van der Waals surface area contributed by atoms with E-state index in [-0.39, 0.29) is 42.2 Å². The fraction of sp³-hybridized carbons (Fsp3) is 0.279. The van der Waals surface area contributed by atoms with Gasteiger partial charge in [-0.3, -0.25) is 14.6 Å². The lowest BCUT2D eigenvalue weighted by Gasteiger charge is -2.24. The molecule has 3 aliphatic rings. The molecule has 0 radical (unpaired) electrons. The maximum atomic E-state index is 13.6. The first-order valence-electron chi connectivity index (χ1n) is 18.6. The Hall–Kier alpha value is -6.35. The predicted molar refractivity (Wildman–Crippen MR) is 215 cm³/mol. The standard InChI is InChI=1S/C43H45N5O9/c1-44-36-22-40(39(50)20-34(36)43(51)48-14-13-29-9-5-8-12-38(29)48)54-25-27-15-28(17-32(16-27)46-56-57-53-4)26-55-42-21-35(31(24-49)19-41(42)52-3)45-23-33-18-30-10-6-7-11-37(30)47(33)2/h6-7,9-12,15-17,19-22,24,33,45-46,50H,1,5,8,13-14,18,23,25-26H2,2-4H3. The fourth-order valence-electron chi connectivity index (χ4n) is 7.47. The number of ether oxygens (including phenoxy) is 3. The van der Waals surface area contributed by atoms with Crippen molar-refractivity contribution in [1.82, 2.24) is 4.90 Å². The van der Waals surface area contributed by atoms with Crippen molar-refractivity contribution in [3.05, 3.63) is 118 Å². The number of anilines is 3. The lowest BCUT2D eigenvalue weighted by molar-refractivity contribution is -0.491. The van der Waals surface area contributed by atoms with E-state index in [4.69, 9.17) is 19.2 Å². The quantitative estimate of drug-likeness (QED) is 0.0321. The Morgan fingerprint density at radius 3 is 2.49 bits per heavy atom. The third-order valence-electron chi connectivity index (χ3n) is 10.3. The van der Waals surface area contributed by atoms with Gasteiger partial charge >= 0.3 is 0 Å². The van der Waals surface area contributed by atoms with E-state index in [0.29, 0.717) is 58.3 Å². The number of aldehydes is 1. The average Bonchev–Trinajstić information content (AvgIpc) is 3.81. The number of benzene rings is 4. The van der Waals surface area contributed by atoms with Gasteiger partial charge in [-0.2, -0.15) is 0 Å². The molecular formula is C43H45N5O9. The van der Waals surface area contributed by atoms with Crippen LogP contribution in [0.25, 0.3) is 0 Å². The van der Waals surface area contributed by atoms with Gasteiger partial charge in [-0.25, -0.2) is 10.4 Å². The van der Waals surface area contributed by atoms with E-state index in [1.54, 1.807) is 29.2 Å². The Balaban J connectivity index is 1.06. The molecule has 0 saturated carbocycles. The fourth-order valence-corrected chi connectivity index (χ4v) is 7.47. The Morgan fingerprint density at radius 2 is 1.75 bits per heavy atom. The number of fused-ring (bicyclic) bond motifs is 2. The monoisotopic (exact) mass is 775 g/mol. The van der Waals surface area contributed by atoms with Gasteiger partial charge in [0.05, 0.1) is 37.2 Å². The topological polar surface area (TPSA) is 153 Å². The van der Waals surface area contributed by atoms with Crippen molar-refractivity contribution in [3.8, 4) is 23.0 Å². The van der Waals surface area contributed by atoms with Crippen molar-refractivity contribution in [1.29, 1.82) is 0 Å². The van der Waals surface area contributed by atoms with Crippen molar-refractivity contribution < 1.29 is 43.8 Å². The summed E-state index contributed by atoms with van der Waals surface area (Å²) in [5, 5.41) is 19.0. The summed E-state index contributed by atoms with van der Waals surface area (Å²) in [4.78, 5) is 43.3. The second-order valence-corrected chi connectivity index (χ2v) is 13.8. The van der Waals surface area contributed by atoms with Crippen molar-refractivity contribution in [2.24, 2.45) is 4.99 Å². The first kappa shape index (κ1) is 38.9. The number of hydrogen-bond donors (Lipinski definition) is 3. The molecule has 7 rings (SSSR count). The zero-order valence-electron chi connectivity index (χ0n) is 32.1. The molecule has 0 aromatic heterocycles. The number of aliphatic imine (C=N–C) groups is 1. The number of phenolic OH excluding ortho intramolecular Hbond substituents is 1. The molecule has 0 bridgehead atoms. The van der Waals surface area contributed by atoms with Crippen LogP contribution in [0.2, 0.25) is 0 Å². The number of para-hydroxylation sites is 1. The van der Waals surface area contributed by atoms with Gasteiger partial charge in [0.25, 0.3) is 5.91 Å². The second kappa shape index (κ2) is 17.6. The predicted octanol–water partition coefficient (Wildman–Crippen LogP) is 7.46. The Bertz CT molecular complexity index is 2220. The summed E-state index contributed by atoms with van der Waals surface area (Å²) < 4.78 is 18.0. The van der Waals surface area contributed by atoms with Crippen LogP contribution in [-0.4, -0.2) is 69.3 Å². The van der Waals surface area contributed by atoms with Crippen molar-refractivity contribution in [2.75, 3.05) is 50.1 Å². The van der Waals surface area contributed by atoms with Gasteiger partial charge in [0.2, 0.25) is 0 Å². The lowest BCUT2D eigenvalue weighted by Crippen LogP contribution is -2.34. The van der Waals surface area contributed by atoms with Crippen molar-refractivity contribution in [2.45, 2.75) is 44.9 Å². The van der Waals surface area contributed by atoms with Gasteiger partial charge in [0, 0.05) is 54.9 Å². The van der Waals surface area contributed by atoms with E-state index in [0.717, 1.165) is 37.7 Å². The van der Waals surface area contributed by atoms with Gasteiger partial charge in [-0.1, -0.05) is 35.3 Å². The smallest absolute Gasteiger partial charge is 0.260 e. The van der Waals surface area contributed by atoms with Crippen LogP contribution in [-0.2, 0) is 34.5 Å². The number of carbonyl (C=O) groups is 2. The van der Waals surface area contributed by atoms with Crippen molar-refractivity contribution in [3.63, 3.8) is 0 Å². The minimum absolute atomic E-state index is 0.00313. The molecule has 2 heterocycles. The number of nitrogens with zero attached hydrogens (tertiary/aromatic N) is 3. The molecule has 1 amide bonds. The summed E-state index contributed by atoms with van der Waals surface area (Å²) in [6.45, 7) is 4.92. The molecule has 1 aliphatic carbocycles. The maximum Gasteiger partial charge on any atom is 0.260 e. The van der Waals surface area contributed by atoms with Crippen LogP contribution in [0.3, 0.4) is 0 Å². The normalized spacial score (nSPS) is 15.6. The van der Waals surface area contributed by atoms with Crippen LogP contribution in [0, 0.1) is 0 Å². The molecule has 1 unspecified atom stereocenters. The summed E-state index contributed by atoms with van der Waals surface area (Å²) in [6, 6.07) is 20.2. The van der Waals surface area contributed by atoms with E-state index in [2.05, 4.69) is 68.7 Å². The van der Waals surface area contributed by atoms with E-state index in [1.807, 2.05) is 18.2 Å². The number of aromatic hydroxyl groups is 1. The zero-order valence-corrected chi connectivity index (χ0v) is 32.1. The number of carbonyl (C=O) groups excluding carboxylic acids is 2. The molecule has 4 aromatic carbocycles. The second-order valence-electron chi connectivity index (χ2n) is 13.8. The number of amides is 1. The molecule has 1 fully saturated rings. The van der Waals surface area contributed by atoms with Crippen LogP contribution in [0.5, 0.6) is 23.0 Å². The first-order chi connectivity index (χ1) is 27.8. The summed E-state index contributed by atoms with van der Waals surface area (Å²) in [6.07, 6.45) is 8.56. The zero-order chi connectivity index (χ0) is 39.9. The summed E-state index contributed by atoms with van der Waals surface area (Å²) in [7, 11) is 4.89. The van der Waals surface area contributed by atoms with Crippen LogP contribution in [0.1, 0.15) is 56.7 Å². The Morgan fingerprint density at radius 1 is 0.982 bits per heavy atom. The highest BCUT2D eigenvalue weighted by Crippen LogP contribution is 2.39. The van der Waals surface area contributed by atoms with Gasteiger partial charge < -0.3 is 34.4 Å². The first-order valence-corrected chi connectivity index (χ1v) is 18.6. The number of likely N-dealkylation sites (tertiary alicyclic amines) is 1. The van der Waals surface area contributed by atoms with E-state index < -0.39 is 0 Å². The molecule has 3 N–H and O–H groups in total. The van der Waals surface area contributed by atoms with Crippen LogP contribution >= 0.6 is 0 Å². The molecule has 57 heavy (non-hydrogen) atoms. The molecule has 2 aliphatic heterocycles. The van der Waals surface area contributed by atoms with E-state index in [9.17, 15) is 14.7 Å². The molecule has 1 saturated heterocycles. The molecule has 1 atom stereocenters. The minimum atomic E-state index is -0.259. The Kier molecular flexibility index (Phi) is 12.0. The minimum Gasteiger partial charge on any atom is -0.504 e. The highest BCUT2D eigenvalue weighted by molar-refractivity contribution is 6.01. The van der Waals surface area contributed by atoms with Crippen LogP contribution in [0.4, 0.5) is 22.7 Å². The Labute approximate surface area is 330 Å². The maximum absolute atomic E-state index is 13.6. The van der Waals surface area contributed by atoms with E-state index >= 15 is 0 Å². The summed E-state index contributed by atoms with van der Waals surface area (Å²) in [5.41, 5.74) is 10.7. The number of hydrogen-bond acceptors (Lipinski definition) is 13. The number of phenols is 1. The third-order valence-corrected chi connectivity index (χ3v) is 10.3. The molecule has 14 heteroatoms. The SMILES string of the molecule is C=Nc1cc(OCc2cc(COc3cc(NCC4Cc5ccccc5N4C)c(C=O)cc3OC)cc(NOOOC)c2)c(O)cc1C(=O)N1CCC2=CCCC=C21. The highest BCUT2D eigenvalue weighted by atomic mass is 17.5. The number of rotatable bonds is 17. The van der Waals surface area contributed by atoms with Gasteiger partial charge in [-0.05, 0) is 96.1 Å². The average molecular weight is 776 g/mol. The number of allylic oxidation sites excluding steroid dienone is 3. The largest absolute Gasteiger partial charge is 0.504 e. The van der Waals surface area contributed by atoms with E-state index in [1.165, 1.54) is 43.2 Å². The number of methoxy groups -OCH3 is 1. The summed E-state index contributed by atoms with van der Waals surface area (Å²) in [5.74, 6) is 0.464. The molecular weight excluding hydrogens is 730 g/mol. The molecule has 4 aromatic rings. The van der Waals surface area contributed by atoms with Crippen LogP contribution in [0.15, 0.2) is 95.1 Å². The van der Waals surface area contributed by atoms with Gasteiger partial charge in [0.1, 0.15) is 13.2 Å². The van der Waals surface area contributed by atoms with Crippen molar-refractivity contribution >= 4 is 41.7 Å². The molecule has 296 valence electrons. The molecule has 14 nitrogen and oxygen atoms in total. The molecule has 0 spiro atoms.